The molecular weight excluding hydrogens is 195 g/mol. The van der Waals surface area contributed by atoms with Gasteiger partial charge in [-0.2, -0.15) is 13.2 Å². The minimum Gasteiger partial charge on any atom is -0.346 e. The molecule has 0 saturated heterocycles. The Morgan fingerprint density at radius 1 is 1.36 bits per heavy atom. The molecule has 1 aliphatic rings. The molecule has 2 nitrogen and oxygen atoms in total. The normalized spacial score (nSPS) is 20.9. The van der Waals surface area contributed by atoms with Crippen LogP contribution in [0.5, 0.6) is 0 Å². The van der Waals surface area contributed by atoms with E-state index in [9.17, 15) is 18.0 Å². The first-order chi connectivity index (χ1) is 6.41. The predicted octanol–water partition coefficient (Wildman–Crippen LogP) is 2.24. The molecule has 0 bridgehead atoms. The number of nitrogens with one attached hydrogen (secondary N) is 1. The lowest BCUT2D eigenvalue weighted by atomic mass is 10.00. The lowest BCUT2D eigenvalue weighted by Gasteiger charge is -2.20. The van der Waals surface area contributed by atoms with Gasteiger partial charge in [0.25, 0.3) is 0 Å². The molecular formula is C9H14F3NO. The van der Waals surface area contributed by atoms with Gasteiger partial charge in [0.05, 0.1) is 0 Å². The van der Waals surface area contributed by atoms with Gasteiger partial charge in [0.1, 0.15) is 0 Å². The molecule has 1 N–H and O–H groups in total. The third-order valence-electron chi connectivity index (χ3n) is 2.72. The van der Waals surface area contributed by atoms with E-state index in [4.69, 9.17) is 0 Å². The number of carbonyl (C=O) groups excluding carboxylic acids is 1. The van der Waals surface area contributed by atoms with E-state index in [-0.39, 0.29) is 12.0 Å². The SMILES string of the molecule is C[C@H](NC(=O)C(F)(F)F)C1CCCC1. The van der Waals surface area contributed by atoms with Crippen LogP contribution in [0.1, 0.15) is 32.6 Å². The molecule has 0 radical (unpaired) electrons. The number of hydrogen-bond donors (Lipinski definition) is 1. The first kappa shape index (κ1) is 11.3. The average Bonchev–Trinajstić information content (AvgIpc) is 2.53. The lowest BCUT2D eigenvalue weighted by molar-refractivity contribution is -0.174. The maximum atomic E-state index is 11.9. The molecule has 0 aromatic carbocycles. The van der Waals surface area contributed by atoms with E-state index in [0.717, 1.165) is 25.7 Å². The molecule has 14 heavy (non-hydrogen) atoms. The fraction of sp³-hybridized carbons (Fsp3) is 0.889. The van der Waals surface area contributed by atoms with Gasteiger partial charge in [0, 0.05) is 6.04 Å². The van der Waals surface area contributed by atoms with Gasteiger partial charge in [-0.25, -0.2) is 0 Å². The smallest absolute Gasteiger partial charge is 0.346 e. The van der Waals surface area contributed by atoms with Crippen molar-refractivity contribution >= 4 is 5.91 Å². The molecule has 0 aromatic heterocycles. The van der Waals surface area contributed by atoms with Gasteiger partial charge in [-0.05, 0) is 25.7 Å². The summed E-state index contributed by atoms with van der Waals surface area (Å²) < 4.78 is 35.7. The van der Waals surface area contributed by atoms with Gasteiger partial charge in [-0.3, -0.25) is 4.79 Å². The summed E-state index contributed by atoms with van der Waals surface area (Å²) in [6.45, 7) is 1.64. The number of alkyl halides is 3. The summed E-state index contributed by atoms with van der Waals surface area (Å²) >= 11 is 0. The molecule has 5 heteroatoms. The molecule has 1 rings (SSSR count). The highest BCUT2D eigenvalue weighted by Crippen LogP contribution is 2.28. The van der Waals surface area contributed by atoms with E-state index in [1.165, 1.54) is 0 Å². The average molecular weight is 209 g/mol. The van der Waals surface area contributed by atoms with Crippen LogP contribution in [0, 0.1) is 5.92 Å². The zero-order chi connectivity index (χ0) is 10.8. The highest BCUT2D eigenvalue weighted by Gasteiger charge is 2.40. The van der Waals surface area contributed by atoms with Crippen LogP contribution in [0.4, 0.5) is 13.2 Å². The Balaban J connectivity index is 2.39. The van der Waals surface area contributed by atoms with Crippen molar-refractivity contribution in [2.75, 3.05) is 0 Å². The minimum absolute atomic E-state index is 0.210. The first-order valence-electron chi connectivity index (χ1n) is 4.79. The summed E-state index contributed by atoms with van der Waals surface area (Å²) in [6.07, 6.45) is -0.820. The maximum absolute atomic E-state index is 11.9. The quantitative estimate of drug-likeness (QED) is 0.742. The van der Waals surface area contributed by atoms with Crippen molar-refractivity contribution in [1.29, 1.82) is 0 Å². The fourth-order valence-corrected chi connectivity index (χ4v) is 1.86. The molecule has 0 spiro atoms. The molecule has 1 aliphatic carbocycles. The van der Waals surface area contributed by atoms with E-state index >= 15 is 0 Å². The standard InChI is InChI=1S/C9H14F3NO/c1-6(7-4-2-3-5-7)13-8(14)9(10,11)12/h6-7H,2-5H2,1H3,(H,13,14)/t6-/m0/s1. The molecule has 1 fully saturated rings. The Morgan fingerprint density at radius 2 is 1.86 bits per heavy atom. The molecule has 1 atom stereocenters. The summed E-state index contributed by atoms with van der Waals surface area (Å²) in [6, 6.07) is -0.369. The Morgan fingerprint density at radius 3 is 2.29 bits per heavy atom. The number of rotatable bonds is 2. The van der Waals surface area contributed by atoms with Crippen molar-refractivity contribution in [3.63, 3.8) is 0 Å². The van der Waals surface area contributed by atoms with Crippen molar-refractivity contribution in [1.82, 2.24) is 5.32 Å². The fourth-order valence-electron chi connectivity index (χ4n) is 1.86. The topological polar surface area (TPSA) is 29.1 Å². The van der Waals surface area contributed by atoms with E-state index in [1.807, 2.05) is 5.32 Å². The van der Waals surface area contributed by atoms with Gasteiger partial charge in [-0.1, -0.05) is 12.8 Å². The highest BCUT2D eigenvalue weighted by molar-refractivity contribution is 5.81. The van der Waals surface area contributed by atoms with Crippen LogP contribution in [-0.4, -0.2) is 18.1 Å². The van der Waals surface area contributed by atoms with Crippen LogP contribution in [-0.2, 0) is 4.79 Å². The van der Waals surface area contributed by atoms with Crippen molar-refractivity contribution in [2.24, 2.45) is 5.92 Å². The molecule has 0 unspecified atom stereocenters. The summed E-state index contributed by atoms with van der Waals surface area (Å²) in [5.41, 5.74) is 0. The summed E-state index contributed by atoms with van der Waals surface area (Å²) in [5, 5.41) is 2.00. The number of amides is 1. The first-order valence-corrected chi connectivity index (χ1v) is 4.79. The van der Waals surface area contributed by atoms with Crippen LogP contribution >= 0.6 is 0 Å². The Bertz CT molecular complexity index is 209. The summed E-state index contributed by atoms with van der Waals surface area (Å²) in [5.74, 6) is -1.61. The second-order valence-electron chi connectivity index (χ2n) is 3.80. The van der Waals surface area contributed by atoms with Gasteiger partial charge in [0.15, 0.2) is 0 Å². The maximum Gasteiger partial charge on any atom is 0.471 e. The zero-order valence-corrected chi connectivity index (χ0v) is 8.03. The second kappa shape index (κ2) is 4.19. The molecule has 1 amide bonds. The third kappa shape index (κ3) is 2.89. The van der Waals surface area contributed by atoms with Crippen LogP contribution < -0.4 is 5.32 Å². The van der Waals surface area contributed by atoms with Gasteiger partial charge >= 0.3 is 12.1 Å². The lowest BCUT2D eigenvalue weighted by Crippen LogP contribution is -2.44. The second-order valence-corrected chi connectivity index (χ2v) is 3.80. The van der Waals surface area contributed by atoms with Crippen molar-refractivity contribution in [2.45, 2.75) is 44.8 Å². The Hall–Kier alpha value is -0.740. The number of hydrogen-bond acceptors (Lipinski definition) is 1. The molecule has 0 aromatic rings. The van der Waals surface area contributed by atoms with E-state index in [0.29, 0.717) is 0 Å². The van der Waals surface area contributed by atoms with Crippen molar-refractivity contribution < 1.29 is 18.0 Å². The molecule has 1 saturated carbocycles. The number of carbonyl (C=O) groups is 1. The Kier molecular flexibility index (Phi) is 3.39. The third-order valence-corrected chi connectivity index (χ3v) is 2.72. The van der Waals surface area contributed by atoms with Crippen LogP contribution in [0.2, 0.25) is 0 Å². The zero-order valence-electron chi connectivity index (χ0n) is 8.03. The summed E-state index contributed by atoms with van der Waals surface area (Å²) in [4.78, 5) is 10.6. The summed E-state index contributed by atoms with van der Waals surface area (Å²) in [7, 11) is 0. The molecule has 0 heterocycles. The van der Waals surface area contributed by atoms with Crippen molar-refractivity contribution in [3.05, 3.63) is 0 Å². The largest absolute Gasteiger partial charge is 0.471 e. The number of halogens is 3. The van der Waals surface area contributed by atoms with Crippen molar-refractivity contribution in [3.8, 4) is 0 Å². The van der Waals surface area contributed by atoms with E-state index < -0.39 is 12.1 Å². The minimum atomic E-state index is -4.76. The van der Waals surface area contributed by atoms with Gasteiger partial charge in [-0.15, -0.1) is 0 Å². The van der Waals surface area contributed by atoms with Crippen LogP contribution in [0.25, 0.3) is 0 Å². The van der Waals surface area contributed by atoms with Gasteiger partial charge < -0.3 is 5.32 Å². The predicted molar refractivity (Wildman–Crippen MR) is 45.6 cm³/mol. The van der Waals surface area contributed by atoms with Crippen LogP contribution in [0.15, 0.2) is 0 Å². The monoisotopic (exact) mass is 209 g/mol. The van der Waals surface area contributed by atoms with E-state index in [2.05, 4.69) is 0 Å². The molecule has 82 valence electrons. The molecule has 0 aliphatic heterocycles. The Labute approximate surface area is 80.9 Å². The van der Waals surface area contributed by atoms with E-state index in [1.54, 1.807) is 6.92 Å². The highest BCUT2D eigenvalue weighted by atomic mass is 19.4. The van der Waals surface area contributed by atoms with Gasteiger partial charge in [0.2, 0.25) is 0 Å². The van der Waals surface area contributed by atoms with Crippen LogP contribution in [0.3, 0.4) is 0 Å².